The standard InChI is InChI=1S/C22H47NO4/c1-7-8-9-10-11-12-14-21(15-13-18-24,17-16-20(2,3)19-23)22(25-4,26-5)27-6/h24H,7-19,23H2,1-6H3. The molecule has 0 radical (unpaired) electrons. The van der Waals surface area contributed by atoms with Gasteiger partial charge in [0.05, 0.1) is 5.41 Å². The summed E-state index contributed by atoms with van der Waals surface area (Å²) in [6.07, 6.45) is 11.7. The molecule has 164 valence electrons. The van der Waals surface area contributed by atoms with E-state index in [-0.39, 0.29) is 17.4 Å². The Morgan fingerprint density at radius 3 is 1.74 bits per heavy atom. The first-order chi connectivity index (χ1) is 12.8. The first-order valence-electron chi connectivity index (χ1n) is 10.8. The van der Waals surface area contributed by atoms with Gasteiger partial charge >= 0.3 is 0 Å². The van der Waals surface area contributed by atoms with E-state index in [9.17, 15) is 5.11 Å². The fourth-order valence-electron chi connectivity index (χ4n) is 4.07. The van der Waals surface area contributed by atoms with E-state index in [2.05, 4.69) is 20.8 Å². The highest BCUT2D eigenvalue weighted by atomic mass is 16.9. The molecular formula is C22H47NO4. The maximum absolute atomic E-state index is 9.51. The van der Waals surface area contributed by atoms with Crippen LogP contribution in [0.4, 0.5) is 0 Å². The van der Waals surface area contributed by atoms with Crippen molar-refractivity contribution in [3.8, 4) is 0 Å². The van der Waals surface area contributed by atoms with Crippen molar-refractivity contribution in [3.63, 3.8) is 0 Å². The average Bonchev–Trinajstić information content (AvgIpc) is 2.68. The second-order valence-electron chi connectivity index (χ2n) is 8.66. The van der Waals surface area contributed by atoms with Crippen LogP contribution < -0.4 is 5.73 Å². The molecule has 0 aliphatic heterocycles. The molecule has 0 aliphatic rings. The Morgan fingerprint density at radius 2 is 1.26 bits per heavy atom. The summed E-state index contributed by atoms with van der Waals surface area (Å²) in [5.41, 5.74) is 5.71. The van der Waals surface area contributed by atoms with Gasteiger partial charge in [-0.25, -0.2) is 0 Å². The van der Waals surface area contributed by atoms with Crippen molar-refractivity contribution < 1.29 is 19.3 Å². The SMILES string of the molecule is CCCCCCCCC(CCCO)(CCC(C)(C)CN)C(OC)(OC)OC. The molecule has 0 bridgehead atoms. The van der Waals surface area contributed by atoms with E-state index in [1.54, 1.807) is 21.3 Å². The molecule has 5 heteroatoms. The number of hydrogen-bond acceptors (Lipinski definition) is 5. The summed E-state index contributed by atoms with van der Waals surface area (Å²) in [4.78, 5) is 0. The normalized spacial score (nSPS) is 15.1. The summed E-state index contributed by atoms with van der Waals surface area (Å²) in [6, 6.07) is 0. The van der Waals surface area contributed by atoms with Crippen LogP contribution in [-0.4, -0.2) is 45.6 Å². The van der Waals surface area contributed by atoms with E-state index in [1.807, 2.05) is 0 Å². The maximum Gasteiger partial charge on any atom is 0.288 e. The van der Waals surface area contributed by atoms with E-state index in [0.717, 1.165) is 32.1 Å². The molecule has 0 saturated carbocycles. The maximum atomic E-state index is 9.51. The van der Waals surface area contributed by atoms with Gasteiger partial charge in [0.2, 0.25) is 0 Å². The van der Waals surface area contributed by atoms with Gasteiger partial charge in [0.25, 0.3) is 5.97 Å². The predicted octanol–water partition coefficient (Wildman–Crippen LogP) is 4.85. The molecule has 27 heavy (non-hydrogen) atoms. The molecule has 5 nitrogen and oxygen atoms in total. The van der Waals surface area contributed by atoms with Crippen molar-refractivity contribution in [3.05, 3.63) is 0 Å². The Morgan fingerprint density at radius 1 is 0.741 bits per heavy atom. The molecule has 0 aliphatic carbocycles. The monoisotopic (exact) mass is 389 g/mol. The van der Waals surface area contributed by atoms with Crippen LogP contribution in [0.2, 0.25) is 0 Å². The number of methoxy groups -OCH3 is 3. The molecule has 0 heterocycles. The minimum absolute atomic E-state index is 0.0482. The summed E-state index contributed by atoms with van der Waals surface area (Å²) in [6.45, 7) is 7.43. The lowest BCUT2D eigenvalue weighted by Crippen LogP contribution is -2.53. The number of aliphatic hydroxyl groups is 1. The molecule has 0 spiro atoms. The van der Waals surface area contributed by atoms with Crippen LogP contribution in [0.25, 0.3) is 0 Å². The van der Waals surface area contributed by atoms with Crippen molar-refractivity contribution in [1.29, 1.82) is 0 Å². The number of aliphatic hydroxyl groups excluding tert-OH is 1. The molecule has 3 N–H and O–H groups in total. The Hall–Kier alpha value is -0.200. The van der Waals surface area contributed by atoms with Gasteiger partial charge in [0.1, 0.15) is 0 Å². The third-order valence-electron chi connectivity index (χ3n) is 6.11. The summed E-state index contributed by atoms with van der Waals surface area (Å²) < 4.78 is 17.5. The van der Waals surface area contributed by atoms with Crippen LogP contribution in [0.5, 0.6) is 0 Å². The van der Waals surface area contributed by atoms with Crippen molar-refractivity contribution in [2.75, 3.05) is 34.5 Å². The van der Waals surface area contributed by atoms with Crippen molar-refractivity contribution in [2.24, 2.45) is 16.6 Å². The first kappa shape index (κ1) is 26.8. The number of ether oxygens (including phenoxy) is 3. The smallest absolute Gasteiger partial charge is 0.288 e. The highest BCUT2D eigenvalue weighted by Gasteiger charge is 2.53. The molecular weight excluding hydrogens is 342 g/mol. The zero-order valence-corrected chi connectivity index (χ0v) is 18.9. The molecule has 0 aromatic carbocycles. The number of hydrogen-bond donors (Lipinski definition) is 2. The van der Waals surface area contributed by atoms with Crippen LogP contribution in [0.15, 0.2) is 0 Å². The first-order valence-corrected chi connectivity index (χ1v) is 10.8. The van der Waals surface area contributed by atoms with Crippen LogP contribution in [0.3, 0.4) is 0 Å². The zero-order valence-electron chi connectivity index (χ0n) is 18.9. The van der Waals surface area contributed by atoms with E-state index in [1.165, 1.54) is 32.1 Å². The average molecular weight is 390 g/mol. The molecule has 0 aromatic heterocycles. The quantitative estimate of drug-likeness (QED) is 0.259. The van der Waals surface area contributed by atoms with Gasteiger partial charge < -0.3 is 25.1 Å². The molecule has 0 rings (SSSR count). The summed E-state index contributed by atoms with van der Waals surface area (Å²) in [5.74, 6) is -1.10. The topological polar surface area (TPSA) is 73.9 Å². The number of nitrogens with two attached hydrogens (primary N) is 1. The lowest BCUT2D eigenvalue weighted by atomic mass is 9.69. The second-order valence-corrected chi connectivity index (χ2v) is 8.66. The van der Waals surface area contributed by atoms with Crippen molar-refractivity contribution in [1.82, 2.24) is 0 Å². The van der Waals surface area contributed by atoms with Crippen LogP contribution >= 0.6 is 0 Å². The van der Waals surface area contributed by atoms with Gasteiger partial charge in [-0.05, 0) is 44.1 Å². The van der Waals surface area contributed by atoms with Gasteiger partial charge in [-0.1, -0.05) is 59.3 Å². The van der Waals surface area contributed by atoms with Gasteiger partial charge in [-0.3, -0.25) is 0 Å². The van der Waals surface area contributed by atoms with Crippen molar-refractivity contribution in [2.45, 2.75) is 97.4 Å². The van der Waals surface area contributed by atoms with E-state index < -0.39 is 5.97 Å². The lowest BCUT2D eigenvalue weighted by Gasteiger charge is -2.48. The number of unbranched alkanes of at least 4 members (excludes halogenated alkanes) is 5. The summed E-state index contributed by atoms with van der Waals surface area (Å²) in [7, 11) is 4.95. The predicted molar refractivity (Wildman–Crippen MR) is 113 cm³/mol. The number of rotatable bonds is 18. The highest BCUT2D eigenvalue weighted by Crippen LogP contribution is 2.49. The Labute approximate surface area is 168 Å². The van der Waals surface area contributed by atoms with Gasteiger partial charge in [-0.2, -0.15) is 0 Å². The van der Waals surface area contributed by atoms with E-state index in [0.29, 0.717) is 13.0 Å². The van der Waals surface area contributed by atoms with E-state index >= 15 is 0 Å². The molecule has 1 atom stereocenters. The molecule has 0 amide bonds. The largest absolute Gasteiger partial charge is 0.396 e. The summed E-state index contributed by atoms with van der Waals surface area (Å²) >= 11 is 0. The Bertz CT molecular complexity index is 350. The zero-order chi connectivity index (χ0) is 20.8. The van der Waals surface area contributed by atoms with Crippen LogP contribution in [-0.2, 0) is 14.2 Å². The van der Waals surface area contributed by atoms with Gasteiger partial charge in [-0.15, -0.1) is 0 Å². The summed E-state index contributed by atoms with van der Waals surface area (Å²) in [5, 5.41) is 9.51. The third-order valence-corrected chi connectivity index (χ3v) is 6.11. The van der Waals surface area contributed by atoms with Gasteiger partial charge in [0, 0.05) is 27.9 Å². The highest BCUT2D eigenvalue weighted by molar-refractivity contribution is 4.90. The fraction of sp³-hybridized carbons (Fsp3) is 1.00. The molecule has 0 saturated heterocycles. The van der Waals surface area contributed by atoms with Crippen LogP contribution in [0, 0.1) is 10.8 Å². The molecule has 1 unspecified atom stereocenters. The van der Waals surface area contributed by atoms with Gasteiger partial charge in [0.15, 0.2) is 0 Å². The van der Waals surface area contributed by atoms with Crippen molar-refractivity contribution >= 4 is 0 Å². The third kappa shape index (κ3) is 8.36. The molecule has 0 aromatic rings. The van der Waals surface area contributed by atoms with E-state index in [4.69, 9.17) is 19.9 Å². The Balaban J connectivity index is 5.44. The fourth-order valence-corrected chi connectivity index (χ4v) is 4.07. The molecule has 0 fully saturated rings. The minimum atomic E-state index is -1.10. The Kier molecular flexibility index (Phi) is 13.8. The lowest BCUT2D eigenvalue weighted by molar-refractivity contribution is -0.412. The van der Waals surface area contributed by atoms with Crippen LogP contribution in [0.1, 0.15) is 91.4 Å². The minimum Gasteiger partial charge on any atom is -0.396 e. The second kappa shape index (κ2) is 13.9.